The number of hydrogen-bond donors (Lipinski definition) is 0. The van der Waals surface area contributed by atoms with Crippen LogP contribution in [0.5, 0.6) is 0 Å². The molecule has 0 N–H and O–H groups in total. The minimum Gasteiger partial charge on any atom is -0.469 e. The van der Waals surface area contributed by atoms with Crippen molar-refractivity contribution in [3.8, 4) is 0 Å². The van der Waals surface area contributed by atoms with Gasteiger partial charge in [-0.1, -0.05) is 24.3 Å². The van der Waals surface area contributed by atoms with E-state index in [1.54, 1.807) is 24.3 Å². The second-order valence-corrected chi connectivity index (χ2v) is 7.91. The minimum absolute atomic E-state index is 0.0771. The Bertz CT molecular complexity index is 810. The summed E-state index contributed by atoms with van der Waals surface area (Å²) in [6.07, 6.45) is 1.80. The predicted octanol–water partition coefficient (Wildman–Crippen LogP) is 4.10. The summed E-state index contributed by atoms with van der Waals surface area (Å²) in [5.41, 5.74) is 1.51. The van der Waals surface area contributed by atoms with Gasteiger partial charge in [-0.2, -0.15) is 0 Å². The van der Waals surface area contributed by atoms with Crippen LogP contribution in [-0.4, -0.2) is 43.2 Å². The van der Waals surface area contributed by atoms with Gasteiger partial charge < -0.3 is 9.47 Å². The van der Waals surface area contributed by atoms with Crippen LogP contribution in [0.3, 0.4) is 0 Å². The summed E-state index contributed by atoms with van der Waals surface area (Å²) in [7, 11) is 3.45. The maximum atomic E-state index is 13.5. The summed E-state index contributed by atoms with van der Waals surface area (Å²) >= 11 is 0. The smallest absolute Gasteiger partial charge is 0.312 e. The molecule has 2 heterocycles. The van der Waals surface area contributed by atoms with Crippen molar-refractivity contribution >= 4 is 5.97 Å². The monoisotopic (exact) mass is 401 g/mol. The molecule has 6 heteroatoms. The number of piperidine rings is 1. The lowest BCUT2D eigenvalue weighted by molar-refractivity contribution is -0.162. The molecule has 4 rings (SSSR count). The van der Waals surface area contributed by atoms with Gasteiger partial charge in [0.1, 0.15) is 17.7 Å². The first-order valence-corrected chi connectivity index (χ1v) is 9.94. The molecule has 0 aromatic heterocycles. The van der Waals surface area contributed by atoms with Gasteiger partial charge in [0, 0.05) is 12.1 Å². The largest absolute Gasteiger partial charge is 0.469 e. The summed E-state index contributed by atoms with van der Waals surface area (Å²) in [4.78, 5) is 14.9. The van der Waals surface area contributed by atoms with E-state index in [-0.39, 0.29) is 29.7 Å². The lowest BCUT2D eigenvalue weighted by Gasteiger charge is -2.42. The van der Waals surface area contributed by atoms with Crippen LogP contribution in [-0.2, 0) is 14.3 Å². The molecule has 154 valence electrons. The molecule has 0 amide bonds. The normalized spacial score (nSPS) is 26.7. The topological polar surface area (TPSA) is 38.8 Å². The highest BCUT2D eigenvalue weighted by molar-refractivity contribution is 5.74. The van der Waals surface area contributed by atoms with Crippen molar-refractivity contribution in [2.75, 3.05) is 14.2 Å². The standard InChI is InChI=1S/C23H25F2NO3/c1-26-18-11-12-19(26)21(23(27)28-2)20(13-18)29-22(14-3-7-16(24)8-4-14)15-5-9-17(25)10-6-15/h3-10,18-22H,11-13H2,1-2H3/t18-,19?,20-,21?/m0/s1. The number of benzene rings is 2. The molecule has 0 saturated carbocycles. The Kier molecular flexibility index (Phi) is 5.65. The van der Waals surface area contributed by atoms with Crippen LogP contribution in [0.4, 0.5) is 8.78 Å². The quantitative estimate of drug-likeness (QED) is 0.708. The Hall–Kier alpha value is -2.31. The number of rotatable bonds is 5. The average Bonchev–Trinajstić information content (AvgIpc) is 2.96. The molecular formula is C23H25F2NO3. The zero-order chi connectivity index (χ0) is 20.5. The van der Waals surface area contributed by atoms with Crippen molar-refractivity contribution in [2.24, 2.45) is 5.92 Å². The van der Waals surface area contributed by atoms with Crippen molar-refractivity contribution in [1.82, 2.24) is 4.90 Å². The van der Waals surface area contributed by atoms with Crippen molar-refractivity contribution < 1.29 is 23.0 Å². The van der Waals surface area contributed by atoms with Crippen molar-refractivity contribution in [2.45, 2.75) is 43.6 Å². The number of ether oxygens (including phenoxy) is 2. The molecule has 2 aliphatic heterocycles. The maximum absolute atomic E-state index is 13.5. The Labute approximate surface area is 169 Å². The van der Waals surface area contributed by atoms with Crippen molar-refractivity contribution in [3.05, 3.63) is 71.3 Å². The molecule has 0 aliphatic carbocycles. The number of halogens is 2. The first-order valence-electron chi connectivity index (χ1n) is 9.94. The highest BCUT2D eigenvalue weighted by Gasteiger charge is 2.50. The molecule has 2 unspecified atom stereocenters. The van der Waals surface area contributed by atoms with Crippen molar-refractivity contribution in [1.29, 1.82) is 0 Å². The van der Waals surface area contributed by atoms with Gasteiger partial charge in [-0.25, -0.2) is 8.78 Å². The number of methoxy groups -OCH3 is 1. The van der Waals surface area contributed by atoms with E-state index in [9.17, 15) is 13.6 Å². The third kappa shape index (κ3) is 3.91. The summed E-state index contributed by atoms with van der Waals surface area (Å²) in [5, 5.41) is 0. The fourth-order valence-corrected chi connectivity index (χ4v) is 4.81. The first kappa shape index (κ1) is 20.0. The van der Waals surface area contributed by atoms with Gasteiger partial charge >= 0.3 is 5.97 Å². The van der Waals surface area contributed by atoms with E-state index in [0.717, 1.165) is 24.0 Å². The van der Waals surface area contributed by atoms with Gasteiger partial charge in [-0.15, -0.1) is 0 Å². The molecule has 4 nitrogen and oxygen atoms in total. The maximum Gasteiger partial charge on any atom is 0.312 e. The Morgan fingerprint density at radius 1 is 1.00 bits per heavy atom. The SMILES string of the molecule is COC(=O)C1C2CC[C@@H](C[C@@H]1OC(c1ccc(F)cc1)c1ccc(F)cc1)N2C. The van der Waals surface area contributed by atoms with E-state index < -0.39 is 12.0 Å². The van der Waals surface area contributed by atoms with E-state index in [4.69, 9.17) is 9.47 Å². The molecule has 0 radical (unpaired) electrons. The fourth-order valence-electron chi connectivity index (χ4n) is 4.81. The van der Waals surface area contributed by atoms with E-state index in [2.05, 4.69) is 4.90 Å². The highest BCUT2D eigenvalue weighted by atomic mass is 19.1. The first-order chi connectivity index (χ1) is 14.0. The number of fused-ring (bicyclic) bond motifs is 2. The van der Waals surface area contributed by atoms with Crippen LogP contribution in [0.2, 0.25) is 0 Å². The van der Waals surface area contributed by atoms with E-state index in [1.807, 2.05) is 7.05 Å². The Balaban J connectivity index is 1.68. The van der Waals surface area contributed by atoms with Gasteiger partial charge in [-0.3, -0.25) is 9.69 Å². The summed E-state index contributed by atoms with van der Waals surface area (Å²) in [6.45, 7) is 0. The van der Waals surface area contributed by atoms with E-state index in [1.165, 1.54) is 31.4 Å². The van der Waals surface area contributed by atoms with Crippen molar-refractivity contribution in [3.63, 3.8) is 0 Å². The van der Waals surface area contributed by atoms with Crippen LogP contribution in [0.15, 0.2) is 48.5 Å². The summed E-state index contributed by atoms with van der Waals surface area (Å²) in [5.74, 6) is -1.34. The average molecular weight is 401 g/mol. The van der Waals surface area contributed by atoms with E-state index in [0.29, 0.717) is 12.5 Å². The third-order valence-corrected chi connectivity index (χ3v) is 6.34. The zero-order valence-electron chi connectivity index (χ0n) is 16.6. The fraction of sp³-hybridized carbons (Fsp3) is 0.435. The number of carbonyl (C=O) groups is 1. The molecule has 2 saturated heterocycles. The number of carbonyl (C=O) groups excluding carboxylic acids is 1. The van der Waals surface area contributed by atoms with Crippen LogP contribution >= 0.6 is 0 Å². The summed E-state index contributed by atoms with van der Waals surface area (Å²) in [6, 6.07) is 12.6. The zero-order valence-corrected chi connectivity index (χ0v) is 16.6. The second-order valence-electron chi connectivity index (χ2n) is 7.91. The lowest BCUT2D eigenvalue weighted by atomic mass is 9.87. The van der Waals surface area contributed by atoms with Gasteiger partial charge in [0.2, 0.25) is 0 Å². The molecule has 29 heavy (non-hydrogen) atoms. The number of hydrogen-bond acceptors (Lipinski definition) is 4. The molecule has 2 aromatic carbocycles. The molecule has 2 aromatic rings. The van der Waals surface area contributed by atoms with E-state index >= 15 is 0 Å². The third-order valence-electron chi connectivity index (χ3n) is 6.34. The molecular weight excluding hydrogens is 376 g/mol. The second kappa shape index (κ2) is 8.20. The molecule has 2 fully saturated rings. The van der Waals surface area contributed by atoms with Crippen LogP contribution in [0.1, 0.15) is 36.5 Å². The lowest BCUT2D eigenvalue weighted by Crippen LogP contribution is -2.53. The van der Waals surface area contributed by atoms with Gasteiger partial charge in [0.25, 0.3) is 0 Å². The van der Waals surface area contributed by atoms with Gasteiger partial charge in [0.05, 0.1) is 19.1 Å². The molecule has 2 bridgehead atoms. The van der Waals surface area contributed by atoms with Gasteiger partial charge in [-0.05, 0) is 61.7 Å². The van der Waals surface area contributed by atoms with Crippen LogP contribution < -0.4 is 0 Å². The van der Waals surface area contributed by atoms with Crippen LogP contribution in [0, 0.1) is 17.6 Å². The molecule has 2 aliphatic rings. The minimum atomic E-state index is -0.531. The Morgan fingerprint density at radius 2 is 1.55 bits per heavy atom. The molecule has 0 spiro atoms. The van der Waals surface area contributed by atoms with Gasteiger partial charge in [0.15, 0.2) is 0 Å². The number of nitrogens with zero attached hydrogens (tertiary/aromatic N) is 1. The summed E-state index contributed by atoms with van der Waals surface area (Å²) < 4.78 is 38.6. The van der Waals surface area contributed by atoms with Crippen LogP contribution in [0.25, 0.3) is 0 Å². The predicted molar refractivity (Wildman–Crippen MR) is 104 cm³/mol. The number of esters is 1. The Morgan fingerprint density at radius 3 is 2.07 bits per heavy atom. The highest BCUT2D eigenvalue weighted by Crippen LogP contribution is 2.42. The molecule has 4 atom stereocenters.